The van der Waals surface area contributed by atoms with Crippen LogP contribution < -0.4 is 0 Å². The van der Waals surface area contributed by atoms with Crippen LogP contribution in [0, 0.1) is 11.3 Å². The van der Waals surface area contributed by atoms with Crippen molar-refractivity contribution in [2.75, 3.05) is 6.61 Å². The number of pyridine rings is 1. The Morgan fingerprint density at radius 1 is 1.61 bits per heavy atom. The lowest BCUT2D eigenvalue weighted by atomic mass is 10.2. The van der Waals surface area contributed by atoms with Crippen LogP contribution in [0.4, 0.5) is 0 Å². The number of sulfone groups is 1. The highest BCUT2D eigenvalue weighted by Gasteiger charge is 2.36. The maximum absolute atomic E-state index is 12.3. The lowest BCUT2D eigenvalue weighted by Crippen LogP contribution is -2.29. The Morgan fingerprint density at radius 2 is 2.39 bits per heavy atom. The van der Waals surface area contributed by atoms with Gasteiger partial charge in [0.05, 0.1) is 17.1 Å². The third-order valence-corrected chi connectivity index (χ3v) is 5.38. The lowest BCUT2D eigenvalue weighted by molar-refractivity contribution is 0.126. The molecule has 2 rings (SSSR count). The van der Waals surface area contributed by atoms with Gasteiger partial charge in [-0.1, -0.05) is 6.07 Å². The molecular formula is C12H14N2O3S. The number of nitriles is 1. The molecule has 0 radical (unpaired) electrons. The highest BCUT2D eigenvalue weighted by Crippen LogP contribution is 2.24. The first-order valence-electron chi connectivity index (χ1n) is 5.72. The number of ether oxygens (including phenoxy) is 1. The summed E-state index contributed by atoms with van der Waals surface area (Å²) < 4.78 is 29.8. The van der Waals surface area contributed by atoms with Crippen molar-refractivity contribution in [1.29, 1.82) is 5.26 Å². The molecule has 0 aliphatic carbocycles. The van der Waals surface area contributed by atoms with Crippen LogP contribution in [0.25, 0.3) is 0 Å². The first kappa shape index (κ1) is 13.0. The smallest absolute Gasteiger partial charge is 0.160 e. The van der Waals surface area contributed by atoms with Crippen LogP contribution in [0.15, 0.2) is 18.3 Å². The molecule has 0 saturated carbocycles. The monoisotopic (exact) mass is 266 g/mol. The Kier molecular flexibility index (Phi) is 3.64. The van der Waals surface area contributed by atoms with Gasteiger partial charge in [0.25, 0.3) is 0 Å². The van der Waals surface area contributed by atoms with Crippen LogP contribution in [0.5, 0.6) is 0 Å². The van der Waals surface area contributed by atoms with Crippen LogP contribution in [0.3, 0.4) is 0 Å². The van der Waals surface area contributed by atoms with Gasteiger partial charge >= 0.3 is 0 Å². The molecule has 18 heavy (non-hydrogen) atoms. The lowest BCUT2D eigenvalue weighted by Gasteiger charge is -2.15. The van der Waals surface area contributed by atoms with Gasteiger partial charge in [0.15, 0.2) is 9.84 Å². The van der Waals surface area contributed by atoms with Crippen LogP contribution >= 0.6 is 0 Å². The maximum atomic E-state index is 12.3. The van der Waals surface area contributed by atoms with E-state index in [-0.39, 0.29) is 17.6 Å². The Bertz CT molecular complexity index is 577. The fourth-order valence-electron chi connectivity index (χ4n) is 2.16. The van der Waals surface area contributed by atoms with Crippen molar-refractivity contribution >= 4 is 9.84 Å². The fourth-order valence-corrected chi connectivity index (χ4v) is 4.16. The van der Waals surface area contributed by atoms with E-state index >= 15 is 0 Å². The highest BCUT2D eigenvalue weighted by atomic mass is 32.2. The third-order valence-electron chi connectivity index (χ3n) is 3.12. The quantitative estimate of drug-likeness (QED) is 0.816. The molecule has 1 fully saturated rings. The Morgan fingerprint density at radius 3 is 3.00 bits per heavy atom. The van der Waals surface area contributed by atoms with Gasteiger partial charge in [0.1, 0.15) is 11.8 Å². The average molecular weight is 266 g/mol. The van der Waals surface area contributed by atoms with Crippen molar-refractivity contribution in [2.45, 2.75) is 30.5 Å². The predicted molar refractivity (Wildman–Crippen MR) is 65.4 cm³/mol. The summed E-state index contributed by atoms with van der Waals surface area (Å²) in [6, 6.07) is 5.18. The average Bonchev–Trinajstić information content (AvgIpc) is 2.76. The molecule has 1 aliphatic heterocycles. The number of aromatic nitrogens is 1. The van der Waals surface area contributed by atoms with Crippen LogP contribution in [0.2, 0.25) is 0 Å². The normalized spacial score (nSPS) is 23.8. The number of hydrogen-bond acceptors (Lipinski definition) is 5. The maximum Gasteiger partial charge on any atom is 0.160 e. The second kappa shape index (κ2) is 5.04. The van der Waals surface area contributed by atoms with Crippen molar-refractivity contribution in [3.05, 3.63) is 29.6 Å². The summed E-state index contributed by atoms with van der Waals surface area (Å²) >= 11 is 0. The van der Waals surface area contributed by atoms with Gasteiger partial charge in [0, 0.05) is 18.4 Å². The van der Waals surface area contributed by atoms with Gasteiger partial charge in [-0.15, -0.1) is 0 Å². The molecule has 5 nitrogen and oxygen atoms in total. The van der Waals surface area contributed by atoms with Gasteiger partial charge in [-0.25, -0.2) is 13.4 Å². The molecule has 1 saturated heterocycles. The van der Waals surface area contributed by atoms with Gasteiger partial charge < -0.3 is 4.74 Å². The van der Waals surface area contributed by atoms with Crippen molar-refractivity contribution in [3.63, 3.8) is 0 Å². The van der Waals surface area contributed by atoms with Gasteiger partial charge in [-0.05, 0) is 19.4 Å². The number of nitrogens with zero attached hydrogens (tertiary/aromatic N) is 2. The molecule has 6 heteroatoms. The molecule has 2 atom stereocenters. The molecule has 2 unspecified atom stereocenters. The van der Waals surface area contributed by atoms with Crippen molar-refractivity contribution < 1.29 is 13.2 Å². The molecule has 1 aromatic rings. The Labute approximate surface area is 106 Å². The van der Waals surface area contributed by atoms with Crippen LogP contribution in [-0.4, -0.2) is 31.4 Å². The zero-order valence-corrected chi connectivity index (χ0v) is 10.9. The predicted octanol–water partition coefficient (Wildman–Crippen LogP) is 1.05. The van der Waals surface area contributed by atoms with E-state index in [9.17, 15) is 8.42 Å². The SMILES string of the molecule is CC1OCCC1S(=O)(=O)Cc1cccnc1C#N. The molecule has 96 valence electrons. The molecule has 0 N–H and O–H groups in total. The van der Waals surface area contributed by atoms with E-state index in [1.807, 2.05) is 6.07 Å². The summed E-state index contributed by atoms with van der Waals surface area (Å²) in [7, 11) is -3.31. The van der Waals surface area contributed by atoms with Gasteiger partial charge in [-0.3, -0.25) is 0 Å². The molecule has 0 spiro atoms. The van der Waals surface area contributed by atoms with Crippen molar-refractivity contribution in [1.82, 2.24) is 4.98 Å². The van der Waals surface area contributed by atoms with E-state index in [0.29, 0.717) is 18.6 Å². The summed E-state index contributed by atoms with van der Waals surface area (Å²) in [5, 5.41) is 8.42. The zero-order valence-electron chi connectivity index (χ0n) is 10.0. The summed E-state index contributed by atoms with van der Waals surface area (Å²) in [4.78, 5) is 3.87. The fraction of sp³-hybridized carbons (Fsp3) is 0.500. The van der Waals surface area contributed by atoms with Gasteiger partial charge in [-0.2, -0.15) is 5.26 Å². The first-order chi connectivity index (χ1) is 8.54. The second-order valence-corrected chi connectivity index (χ2v) is 6.55. The molecular weight excluding hydrogens is 252 g/mol. The molecule has 0 amide bonds. The summed E-state index contributed by atoms with van der Waals surface area (Å²) in [6.45, 7) is 2.24. The minimum absolute atomic E-state index is 0.151. The molecule has 1 aromatic heterocycles. The van der Waals surface area contributed by atoms with Crippen LogP contribution in [-0.2, 0) is 20.3 Å². The summed E-state index contributed by atoms with van der Waals surface area (Å²) in [5.41, 5.74) is 0.631. The first-order valence-corrected chi connectivity index (χ1v) is 7.43. The van der Waals surface area contributed by atoms with E-state index in [1.54, 1.807) is 19.1 Å². The largest absolute Gasteiger partial charge is 0.377 e. The Balaban J connectivity index is 2.26. The number of rotatable bonds is 3. The van der Waals surface area contributed by atoms with E-state index in [0.717, 1.165) is 0 Å². The standard InChI is InChI=1S/C12H14N2O3S/c1-9-12(4-6-17-9)18(15,16)8-10-3-2-5-14-11(10)7-13/h2-3,5,9,12H,4,6,8H2,1H3. The van der Waals surface area contributed by atoms with E-state index in [4.69, 9.17) is 10.00 Å². The van der Waals surface area contributed by atoms with E-state index in [2.05, 4.69) is 4.98 Å². The topological polar surface area (TPSA) is 80.1 Å². The molecule has 0 aromatic carbocycles. The van der Waals surface area contributed by atoms with Crippen molar-refractivity contribution in [3.8, 4) is 6.07 Å². The molecule has 2 heterocycles. The van der Waals surface area contributed by atoms with Crippen molar-refractivity contribution in [2.24, 2.45) is 0 Å². The van der Waals surface area contributed by atoms with Gasteiger partial charge in [0.2, 0.25) is 0 Å². The minimum atomic E-state index is -3.31. The third kappa shape index (κ3) is 2.52. The molecule has 1 aliphatic rings. The molecule has 0 bridgehead atoms. The summed E-state index contributed by atoms with van der Waals surface area (Å²) in [5.74, 6) is -0.151. The van der Waals surface area contributed by atoms with E-state index < -0.39 is 15.1 Å². The Hall–Kier alpha value is -1.45. The minimum Gasteiger partial charge on any atom is -0.377 e. The van der Waals surface area contributed by atoms with Crippen LogP contribution in [0.1, 0.15) is 24.6 Å². The summed E-state index contributed by atoms with van der Waals surface area (Å²) in [6.07, 6.45) is 1.72. The van der Waals surface area contributed by atoms with E-state index in [1.165, 1.54) is 6.20 Å². The second-order valence-electron chi connectivity index (χ2n) is 4.33. The highest BCUT2D eigenvalue weighted by molar-refractivity contribution is 7.91. The number of hydrogen-bond donors (Lipinski definition) is 0. The zero-order chi connectivity index (χ0) is 13.2.